The molecule has 0 saturated carbocycles. The van der Waals surface area contributed by atoms with E-state index >= 15 is 0 Å². The second-order valence-electron chi connectivity index (χ2n) is 9.15. The van der Waals surface area contributed by atoms with Gasteiger partial charge in [0.2, 0.25) is 10.0 Å². The lowest BCUT2D eigenvalue weighted by molar-refractivity contribution is 0.0985. The van der Waals surface area contributed by atoms with Crippen molar-refractivity contribution < 1.29 is 13.2 Å². The molecule has 194 valence electrons. The molecule has 37 heavy (non-hydrogen) atoms. The molecule has 4 aromatic rings. The first kappa shape index (κ1) is 27.0. The van der Waals surface area contributed by atoms with Crippen molar-refractivity contribution in [2.75, 3.05) is 18.0 Å². The number of fused-ring (bicyclic) bond motifs is 1. The van der Waals surface area contributed by atoms with Gasteiger partial charge in [-0.05, 0) is 73.4 Å². The fourth-order valence-corrected chi connectivity index (χ4v) is 6.66. The number of sulfonamides is 1. The van der Waals surface area contributed by atoms with Crippen molar-refractivity contribution in [1.82, 2.24) is 9.29 Å². The Morgan fingerprint density at radius 3 is 2.27 bits per heavy atom. The summed E-state index contributed by atoms with van der Waals surface area (Å²) in [6, 6.07) is 20.2. The fraction of sp³-hybridized carbons (Fsp3) is 0.310. The Balaban J connectivity index is 1.68. The minimum Gasteiger partial charge on any atom is -0.279 e. The Bertz CT molecular complexity index is 1440. The van der Waals surface area contributed by atoms with E-state index in [1.54, 1.807) is 17.0 Å². The molecule has 0 N–H and O–H groups in total. The summed E-state index contributed by atoms with van der Waals surface area (Å²) >= 11 is 1.48. The van der Waals surface area contributed by atoms with E-state index in [0.717, 1.165) is 34.2 Å². The standard InChI is InChI=1S/C29H33N3O3S2/c1-5-7-17-31(6-2)37(34,35)25-15-13-24(14-16-25)28(33)32(20-23-11-9-8-10-12-23)29-30-26-18-21(3)22(4)19-27(26)36-29/h8-16,18-19H,5-7,17,20H2,1-4H3. The second kappa shape index (κ2) is 11.5. The summed E-state index contributed by atoms with van der Waals surface area (Å²) < 4.78 is 28.8. The number of benzene rings is 3. The number of aryl methyl sites for hydroxylation is 2. The molecular formula is C29H33N3O3S2. The lowest BCUT2D eigenvalue weighted by atomic mass is 10.1. The first-order valence-corrected chi connectivity index (χ1v) is 14.8. The average molecular weight is 536 g/mol. The molecular weight excluding hydrogens is 502 g/mol. The molecule has 1 heterocycles. The van der Waals surface area contributed by atoms with Crippen molar-refractivity contribution in [3.63, 3.8) is 0 Å². The van der Waals surface area contributed by atoms with Crippen molar-refractivity contribution in [3.8, 4) is 0 Å². The summed E-state index contributed by atoms with van der Waals surface area (Å²) in [4.78, 5) is 20.5. The Hall–Kier alpha value is -3.07. The first-order valence-electron chi connectivity index (χ1n) is 12.6. The van der Waals surface area contributed by atoms with Crippen LogP contribution < -0.4 is 4.90 Å². The van der Waals surface area contributed by atoms with Gasteiger partial charge in [-0.2, -0.15) is 4.31 Å². The molecule has 0 radical (unpaired) electrons. The zero-order valence-corrected chi connectivity index (χ0v) is 23.4. The number of nitrogens with zero attached hydrogens (tertiary/aromatic N) is 3. The van der Waals surface area contributed by atoms with Crippen LogP contribution in [-0.2, 0) is 16.6 Å². The van der Waals surface area contributed by atoms with Crippen molar-refractivity contribution in [3.05, 3.63) is 89.0 Å². The highest BCUT2D eigenvalue weighted by molar-refractivity contribution is 7.89. The summed E-state index contributed by atoms with van der Waals surface area (Å²) in [5.74, 6) is -0.223. The molecule has 0 saturated heterocycles. The maximum absolute atomic E-state index is 13.8. The van der Waals surface area contributed by atoms with Crippen LogP contribution in [0.1, 0.15) is 53.7 Å². The average Bonchev–Trinajstić information content (AvgIpc) is 3.30. The monoisotopic (exact) mass is 535 g/mol. The summed E-state index contributed by atoms with van der Waals surface area (Å²) in [7, 11) is -3.61. The maximum Gasteiger partial charge on any atom is 0.260 e. The predicted molar refractivity (Wildman–Crippen MR) is 152 cm³/mol. The van der Waals surface area contributed by atoms with Crippen LogP contribution in [-0.4, -0.2) is 36.7 Å². The van der Waals surface area contributed by atoms with E-state index in [2.05, 4.69) is 19.9 Å². The molecule has 0 aliphatic carbocycles. The van der Waals surface area contributed by atoms with Crippen LogP contribution in [0.15, 0.2) is 71.6 Å². The van der Waals surface area contributed by atoms with Crippen LogP contribution in [0.5, 0.6) is 0 Å². The van der Waals surface area contributed by atoms with E-state index in [4.69, 9.17) is 4.98 Å². The van der Waals surface area contributed by atoms with Gasteiger partial charge in [-0.25, -0.2) is 13.4 Å². The fourth-order valence-electron chi connectivity index (χ4n) is 4.13. The topological polar surface area (TPSA) is 70.6 Å². The predicted octanol–water partition coefficient (Wildman–Crippen LogP) is 6.57. The molecule has 0 aliphatic rings. The number of thiazole rings is 1. The van der Waals surface area contributed by atoms with Crippen molar-refractivity contribution in [1.29, 1.82) is 0 Å². The van der Waals surface area contributed by atoms with Crippen LogP contribution in [0.25, 0.3) is 10.2 Å². The third-order valence-electron chi connectivity index (χ3n) is 6.51. The number of hydrogen-bond donors (Lipinski definition) is 0. The zero-order valence-electron chi connectivity index (χ0n) is 21.8. The normalized spacial score (nSPS) is 11.8. The van der Waals surface area contributed by atoms with Crippen LogP contribution in [0.4, 0.5) is 5.13 Å². The maximum atomic E-state index is 13.8. The van der Waals surface area contributed by atoms with E-state index in [1.165, 1.54) is 33.3 Å². The number of unbranched alkanes of at least 4 members (excludes halogenated alkanes) is 1. The highest BCUT2D eigenvalue weighted by Crippen LogP contribution is 2.32. The largest absolute Gasteiger partial charge is 0.279 e. The summed E-state index contributed by atoms with van der Waals surface area (Å²) in [5.41, 5.74) is 4.60. The zero-order chi connectivity index (χ0) is 26.6. The Kier molecular flexibility index (Phi) is 8.42. The van der Waals surface area contributed by atoms with Crippen molar-refractivity contribution >= 4 is 42.6 Å². The molecule has 0 atom stereocenters. The van der Waals surface area contributed by atoms with Crippen LogP contribution >= 0.6 is 11.3 Å². The molecule has 4 rings (SSSR count). The van der Waals surface area contributed by atoms with Gasteiger partial charge >= 0.3 is 0 Å². The van der Waals surface area contributed by atoms with Gasteiger partial charge in [-0.1, -0.05) is 61.9 Å². The van der Waals surface area contributed by atoms with E-state index < -0.39 is 10.0 Å². The third kappa shape index (κ3) is 5.92. The van der Waals surface area contributed by atoms with Gasteiger partial charge in [0.05, 0.1) is 21.7 Å². The number of hydrogen-bond acceptors (Lipinski definition) is 5. The Morgan fingerprint density at radius 2 is 1.62 bits per heavy atom. The quantitative estimate of drug-likeness (QED) is 0.230. The summed E-state index contributed by atoms with van der Waals surface area (Å²) in [6.45, 7) is 9.25. The minimum atomic E-state index is -3.61. The summed E-state index contributed by atoms with van der Waals surface area (Å²) in [5, 5.41) is 0.613. The Labute approximate surface area is 223 Å². The van der Waals surface area contributed by atoms with E-state index in [0.29, 0.717) is 30.3 Å². The Morgan fingerprint density at radius 1 is 0.946 bits per heavy atom. The molecule has 1 amide bonds. The number of rotatable bonds is 10. The smallest absolute Gasteiger partial charge is 0.260 e. The number of amides is 1. The minimum absolute atomic E-state index is 0.197. The SMILES string of the molecule is CCCCN(CC)S(=O)(=O)c1ccc(C(=O)N(Cc2ccccc2)c2nc3cc(C)c(C)cc3s2)cc1. The van der Waals surface area contributed by atoms with Crippen LogP contribution in [0, 0.1) is 13.8 Å². The highest BCUT2D eigenvalue weighted by Gasteiger charge is 2.25. The van der Waals surface area contributed by atoms with Gasteiger partial charge in [-0.3, -0.25) is 9.69 Å². The number of aromatic nitrogens is 1. The molecule has 0 fully saturated rings. The third-order valence-corrected chi connectivity index (χ3v) is 9.53. The lowest BCUT2D eigenvalue weighted by Crippen LogP contribution is -2.32. The van der Waals surface area contributed by atoms with Gasteiger partial charge in [0.15, 0.2) is 5.13 Å². The number of carbonyl (C=O) groups is 1. The van der Waals surface area contributed by atoms with Crippen molar-refractivity contribution in [2.45, 2.75) is 52.0 Å². The lowest BCUT2D eigenvalue weighted by Gasteiger charge is -2.22. The molecule has 0 aliphatic heterocycles. The molecule has 0 unspecified atom stereocenters. The first-order chi connectivity index (χ1) is 17.7. The van der Waals surface area contributed by atoms with Crippen LogP contribution in [0.2, 0.25) is 0 Å². The summed E-state index contributed by atoms with van der Waals surface area (Å²) in [6.07, 6.45) is 1.72. The number of carbonyl (C=O) groups excluding carboxylic acids is 1. The molecule has 6 nitrogen and oxygen atoms in total. The number of anilines is 1. The molecule has 8 heteroatoms. The molecule has 3 aromatic carbocycles. The highest BCUT2D eigenvalue weighted by atomic mass is 32.2. The molecule has 1 aromatic heterocycles. The second-order valence-corrected chi connectivity index (χ2v) is 12.1. The molecule has 0 spiro atoms. The van der Waals surface area contributed by atoms with Crippen molar-refractivity contribution in [2.24, 2.45) is 0 Å². The van der Waals surface area contributed by atoms with E-state index in [1.807, 2.05) is 50.2 Å². The molecule has 0 bridgehead atoms. The van der Waals surface area contributed by atoms with E-state index in [-0.39, 0.29) is 10.8 Å². The van der Waals surface area contributed by atoms with Crippen LogP contribution in [0.3, 0.4) is 0 Å². The van der Waals surface area contributed by atoms with E-state index in [9.17, 15) is 13.2 Å². The van der Waals surface area contributed by atoms with Gasteiger partial charge in [0.25, 0.3) is 5.91 Å². The van der Waals surface area contributed by atoms with Gasteiger partial charge < -0.3 is 0 Å². The van der Waals surface area contributed by atoms with Gasteiger partial charge in [-0.15, -0.1) is 0 Å². The van der Waals surface area contributed by atoms with Gasteiger partial charge in [0.1, 0.15) is 0 Å². The van der Waals surface area contributed by atoms with Gasteiger partial charge in [0, 0.05) is 18.7 Å².